The molecule has 0 aliphatic rings. The molecule has 366 valence electrons. The number of aromatic hydroxyl groups is 4. The van der Waals surface area contributed by atoms with Crippen molar-refractivity contribution in [3.63, 3.8) is 0 Å². The highest BCUT2D eigenvalue weighted by atomic mass is 16.6. The fourth-order valence-electron chi connectivity index (χ4n) is 7.35. The van der Waals surface area contributed by atoms with Crippen LogP contribution in [0.4, 0.5) is 0 Å². The highest BCUT2D eigenvalue weighted by Gasteiger charge is 2.41. The maximum atomic E-state index is 14.5. The lowest BCUT2D eigenvalue weighted by atomic mass is 10.0. The average Bonchev–Trinajstić information content (AvgIpc) is 3.39. The van der Waals surface area contributed by atoms with Gasteiger partial charge in [-0.3, -0.25) is 0 Å². The first-order chi connectivity index (χ1) is 34.6. The first-order valence-electron chi connectivity index (χ1n) is 22.6. The Bertz CT molecular complexity index is 2740. The van der Waals surface area contributed by atoms with Gasteiger partial charge in [-0.2, -0.15) is 0 Å². The zero-order chi connectivity index (χ0) is 50.0. The Morgan fingerprint density at radius 3 is 1.32 bits per heavy atom. The van der Waals surface area contributed by atoms with Crippen LogP contribution in [-0.4, -0.2) is 70.5 Å². The molecule has 14 heteroatoms. The second-order valence-electron chi connectivity index (χ2n) is 16.2. The normalized spacial score (nSPS) is 12.7. The van der Waals surface area contributed by atoms with Crippen LogP contribution in [0.15, 0.2) is 183 Å². The van der Waals surface area contributed by atoms with Crippen LogP contribution in [0.3, 0.4) is 0 Å². The van der Waals surface area contributed by atoms with Gasteiger partial charge in [0.2, 0.25) is 11.5 Å². The molecule has 4 N–H and O–H groups in total. The van der Waals surface area contributed by atoms with Gasteiger partial charge < -0.3 is 58.3 Å². The molecule has 0 saturated heterocycles. The maximum absolute atomic E-state index is 14.5. The molecule has 0 bridgehead atoms. The first kappa shape index (κ1) is 50.6. The quantitative estimate of drug-likeness (QED) is 0.0313. The van der Waals surface area contributed by atoms with Crippen LogP contribution < -0.4 is 14.2 Å². The van der Waals surface area contributed by atoms with Gasteiger partial charge in [0.05, 0.1) is 44.7 Å². The molecule has 0 heterocycles. The Hall–Kier alpha value is -8.30. The van der Waals surface area contributed by atoms with Gasteiger partial charge in [0.15, 0.2) is 29.1 Å². The number of hydrogen-bond acceptors (Lipinski definition) is 14. The molecule has 0 amide bonds. The predicted octanol–water partition coefficient (Wildman–Crippen LogP) is 10.0. The molecule has 0 saturated carbocycles. The predicted molar refractivity (Wildman–Crippen MR) is 262 cm³/mol. The van der Waals surface area contributed by atoms with Crippen LogP contribution >= 0.6 is 0 Å². The van der Waals surface area contributed by atoms with Gasteiger partial charge >= 0.3 is 11.9 Å². The largest absolute Gasteiger partial charge is 0.504 e. The van der Waals surface area contributed by atoms with E-state index in [1.165, 1.54) is 6.08 Å². The molecule has 0 radical (unpaired) electrons. The minimum atomic E-state index is -1.51. The van der Waals surface area contributed by atoms with Gasteiger partial charge in [-0.15, -0.1) is 0 Å². The molecule has 14 nitrogen and oxygen atoms in total. The molecule has 0 spiro atoms. The summed E-state index contributed by atoms with van der Waals surface area (Å²) in [5.41, 5.74) is 3.27. The van der Waals surface area contributed by atoms with Crippen molar-refractivity contribution in [1.29, 1.82) is 0 Å². The van der Waals surface area contributed by atoms with Crippen molar-refractivity contribution in [3.8, 4) is 40.2 Å². The Balaban J connectivity index is 1.24. The van der Waals surface area contributed by atoms with E-state index in [0.717, 1.165) is 41.0 Å². The summed E-state index contributed by atoms with van der Waals surface area (Å²) in [6, 6.07) is 48.2. The van der Waals surface area contributed by atoms with Gasteiger partial charge in [-0.1, -0.05) is 140 Å². The minimum Gasteiger partial charge on any atom is -0.504 e. The van der Waals surface area contributed by atoms with Gasteiger partial charge in [0, 0.05) is 0 Å². The third-order valence-corrected chi connectivity index (χ3v) is 11.1. The Kier molecular flexibility index (Phi) is 18.1. The highest BCUT2D eigenvalue weighted by Crippen LogP contribution is 2.39. The van der Waals surface area contributed by atoms with E-state index in [9.17, 15) is 30.0 Å². The number of rotatable bonds is 25. The number of phenols is 4. The van der Waals surface area contributed by atoms with Gasteiger partial charge in [0.1, 0.15) is 37.3 Å². The molecular weight excluding hydrogens is 909 g/mol. The zero-order valence-corrected chi connectivity index (χ0v) is 38.9. The molecule has 7 rings (SSSR count). The molecule has 0 aromatic heterocycles. The molecule has 7 aromatic carbocycles. The van der Waals surface area contributed by atoms with Crippen molar-refractivity contribution < 1.29 is 67.9 Å². The van der Waals surface area contributed by atoms with E-state index in [0.29, 0.717) is 16.9 Å². The average molecular weight is 963 g/mol. The fraction of sp³-hybridized carbons (Fsp3) is 0.193. The maximum Gasteiger partial charge on any atom is 0.339 e. The Labute approximate surface area is 411 Å². The van der Waals surface area contributed by atoms with E-state index in [2.05, 4.69) is 6.58 Å². The van der Waals surface area contributed by atoms with Crippen LogP contribution in [0.2, 0.25) is 0 Å². The molecule has 0 fully saturated rings. The van der Waals surface area contributed by atoms with Crippen molar-refractivity contribution in [2.75, 3.05) is 13.7 Å². The van der Waals surface area contributed by atoms with Crippen molar-refractivity contribution >= 4 is 11.9 Å². The van der Waals surface area contributed by atoms with E-state index in [1.807, 2.05) is 121 Å². The number of hydrogen-bond donors (Lipinski definition) is 4. The third-order valence-electron chi connectivity index (χ3n) is 11.1. The summed E-state index contributed by atoms with van der Waals surface area (Å²) < 4.78 is 48.7. The summed E-state index contributed by atoms with van der Waals surface area (Å²) in [7, 11) is 1.55. The fourth-order valence-corrected chi connectivity index (χ4v) is 7.35. The first-order valence-corrected chi connectivity index (χ1v) is 22.6. The lowest BCUT2D eigenvalue weighted by molar-refractivity contribution is -0.164. The van der Waals surface area contributed by atoms with Crippen molar-refractivity contribution in [1.82, 2.24) is 0 Å². The SMILES string of the molecule is C=C[C@H](OC(=O)c1cc(O)c(OCc2ccccc2)c(O)c1)[C@@H](OCc1ccccc1)[C@H](OC(=O)c1cc(O)c(OCc2ccccc2)c(O)c1)[C@@H](COCc1ccccc1)OCc1ccc(OC)cc1. The molecular formula is C57H54O14. The molecule has 71 heavy (non-hydrogen) atoms. The minimum absolute atomic E-state index is 0.0114. The van der Waals surface area contributed by atoms with Gasteiger partial charge in [-0.25, -0.2) is 9.59 Å². The lowest BCUT2D eigenvalue weighted by Gasteiger charge is -2.36. The Morgan fingerprint density at radius 2 is 0.887 bits per heavy atom. The van der Waals surface area contributed by atoms with E-state index >= 15 is 0 Å². The number of methoxy groups -OCH3 is 1. The summed E-state index contributed by atoms with van der Waals surface area (Å²) in [4.78, 5) is 28.7. The van der Waals surface area contributed by atoms with Crippen molar-refractivity contribution in [2.45, 2.75) is 57.5 Å². The number of phenolic OH excluding ortho intramolecular Hbond substituents is 4. The molecule has 0 aliphatic carbocycles. The van der Waals surface area contributed by atoms with E-state index in [1.54, 1.807) is 31.4 Å². The zero-order valence-electron chi connectivity index (χ0n) is 38.9. The van der Waals surface area contributed by atoms with Crippen LogP contribution in [0.5, 0.6) is 40.2 Å². The van der Waals surface area contributed by atoms with Gasteiger partial charge in [0.25, 0.3) is 0 Å². The number of carbonyl (C=O) groups excluding carboxylic acids is 2. The summed E-state index contributed by atoms with van der Waals surface area (Å²) in [5, 5.41) is 44.2. The summed E-state index contributed by atoms with van der Waals surface area (Å²) >= 11 is 0. The number of benzene rings is 7. The van der Waals surface area contributed by atoms with E-state index < -0.39 is 59.4 Å². The van der Waals surface area contributed by atoms with E-state index in [4.69, 9.17) is 37.9 Å². The third kappa shape index (κ3) is 14.4. The van der Waals surface area contributed by atoms with Crippen LogP contribution in [0.25, 0.3) is 0 Å². The lowest BCUT2D eigenvalue weighted by Crippen LogP contribution is -2.51. The van der Waals surface area contributed by atoms with Crippen LogP contribution in [0.1, 0.15) is 48.5 Å². The monoisotopic (exact) mass is 962 g/mol. The van der Waals surface area contributed by atoms with Gasteiger partial charge in [-0.05, 0) is 70.3 Å². The molecule has 0 unspecified atom stereocenters. The number of esters is 2. The Morgan fingerprint density at radius 1 is 0.493 bits per heavy atom. The van der Waals surface area contributed by atoms with Crippen molar-refractivity contribution in [2.24, 2.45) is 0 Å². The standard InChI is InChI=1S/C57H54O14/c1-3-50(70-56(62)43-28-46(58)52(47(59)29-43)67-34-39-18-10-5-11-19-39)54(69-36-41-22-14-7-15-23-41)55(71-57(63)44-30-48(60)53(49(61)31-44)68-35-40-20-12-6-13-21-40)51(37-65-32-38-16-8-4-9-17-38)66-33-42-24-26-45(64-2)27-25-42/h3-31,50-51,54-55,58-61H,1,32-37H2,2H3/t50-,51+,54+,55+/m0/s1. The smallest absolute Gasteiger partial charge is 0.339 e. The molecule has 4 atom stereocenters. The second-order valence-corrected chi connectivity index (χ2v) is 16.2. The van der Waals surface area contributed by atoms with Crippen LogP contribution in [0, 0.1) is 0 Å². The molecule has 7 aromatic rings. The number of ether oxygens (including phenoxy) is 8. The van der Waals surface area contributed by atoms with Crippen LogP contribution in [-0.2, 0) is 56.7 Å². The topological polar surface area (TPSA) is 189 Å². The summed E-state index contributed by atoms with van der Waals surface area (Å²) in [6.45, 7) is 3.79. The summed E-state index contributed by atoms with van der Waals surface area (Å²) in [5.74, 6) is -4.09. The number of carbonyl (C=O) groups is 2. The summed E-state index contributed by atoms with van der Waals surface area (Å²) in [6.07, 6.45) is -4.26. The van der Waals surface area contributed by atoms with E-state index in [-0.39, 0.29) is 62.3 Å². The second kappa shape index (κ2) is 25.3. The highest BCUT2D eigenvalue weighted by molar-refractivity contribution is 5.92. The molecule has 0 aliphatic heterocycles. The van der Waals surface area contributed by atoms with Crippen molar-refractivity contribution in [3.05, 3.63) is 221 Å².